The molecule has 0 aromatic rings. The van der Waals surface area contributed by atoms with E-state index in [-0.39, 0.29) is 11.9 Å². The Morgan fingerprint density at radius 2 is 1.30 bits per heavy atom. The fourth-order valence-electron chi connectivity index (χ4n) is 2.62. The Kier molecular flexibility index (Phi) is 15.1. The molecule has 0 heterocycles. The van der Waals surface area contributed by atoms with E-state index in [0.29, 0.717) is 6.42 Å². The molecule has 0 N–H and O–H groups in total. The average molecular weight is 328 g/mol. The molecule has 0 saturated carbocycles. The number of carbonyl (C=O) groups is 2. The van der Waals surface area contributed by atoms with Crippen molar-refractivity contribution in [2.45, 2.75) is 104 Å². The van der Waals surface area contributed by atoms with E-state index in [0.717, 1.165) is 51.4 Å². The van der Waals surface area contributed by atoms with Crippen molar-refractivity contribution in [2.75, 3.05) is 0 Å². The molecule has 0 aromatic heterocycles. The lowest BCUT2D eigenvalue weighted by atomic mass is 9.96. The van der Waals surface area contributed by atoms with E-state index in [4.69, 9.17) is 4.89 Å². The summed E-state index contributed by atoms with van der Waals surface area (Å²) in [4.78, 5) is 33.0. The first-order chi connectivity index (χ1) is 11.2. The number of hydrogen-bond acceptors (Lipinski definition) is 4. The normalized spacial score (nSPS) is 12.0. The monoisotopic (exact) mass is 328 g/mol. The van der Waals surface area contributed by atoms with Gasteiger partial charge in [-0.15, -0.1) is 0 Å². The lowest BCUT2D eigenvalue weighted by Gasteiger charge is -2.13. The number of rotatable bonds is 14. The Labute approximate surface area is 142 Å². The molecule has 0 saturated heterocycles. The number of hydrogen-bond donors (Lipinski definition) is 0. The van der Waals surface area contributed by atoms with Crippen LogP contribution in [-0.4, -0.2) is 11.9 Å². The highest BCUT2D eigenvalue weighted by molar-refractivity contribution is 5.74. The van der Waals surface area contributed by atoms with Crippen LogP contribution in [0.1, 0.15) is 104 Å². The number of carbonyl (C=O) groups excluding carboxylic acids is 2. The summed E-state index contributed by atoms with van der Waals surface area (Å²) < 4.78 is 0. The summed E-state index contributed by atoms with van der Waals surface area (Å²) in [5, 5.41) is 0. The fourth-order valence-corrected chi connectivity index (χ4v) is 2.62. The molecule has 4 heteroatoms. The van der Waals surface area contributed by atoms with Gasteiger partial charge in [0.25, 0.3) is 0 Å². The van der Waals surface area contributed by atoms with Crippen molar-refractivity contribution in [3.63, 3.8) is 0 Å². The van der Waals surface area contributed by atoms with Gasteiger partial charge in [-0.1, -0.05) is 78.6 Å². The second-order valence-electron chi connectivity index (χ2n) is 6.36. The molecule has 1 unspecified atom stereocenters. The lowest BCUT2D eigenvalue weighted by molar-refractivity contribution is -0.262. The highest BCUT2D eigenvalue weighted by Gasteiger charge is 2.21. The summed E-state index contributed by atoms with van der Waals surface area (Å²) >= 11 is 0. The Morgan fingerprint density at radius 1 is 0.696 bits per heavy atom. The molecule has 0 amide bonds. The molecular formula is C19H36O4. The highest BCUT2D eigenvalue weighted by Crippen LogP contribution is 2.18. The smallest absolute Gasteiger partial charge is 0.247 e. The Bertz CT molecular complexity index is 302. The van der Waals surface area contributed by atoms with E-state index in [1.54, 1.807) is 0 Å². The van der Waals surface area contributed by atoms with Crippen LogP contribution in [0.15, 0.2) is 0 Å². The first kappa shape index (κ1) is 21.9. The molecular weight excluding hydrogens is 292 g/mol. The maximum absolute atomic E-state index is 12.0. The second-order valence-corrected chi connectivity index (χ2v) is 6.36. The van der Waals surface area contributed by atoms with Gasteiger partial charge < -0.3 is 0 Å². The third kappa shape index (κ3) is 13.1. The molecule has 1 atom stereocenters. The van der Waals surface area contributed by atoms with Crippen LogP contribution in [0.5, 0.6) is 0 Å². The van der Waals surface area contributed by atoms with Crippen molar-refractivity contribution in [3.8, 4) is 0 Å². The molecule has 0 radical (unpaired) electrons. The van der Waals surface area contributed by atoms with Crippen molar-refractivity contribution in [1.29, 1.82) is 0 Å². The summed E-state index contributed by atoms with van der Waals surface area (Å²) in [6, 6.07) is 0. The zero-order valence-corrected chi connectivity index (χ0v) is 15.4. The third-order valence-corrected chi connectivity index (χ3v) is 4.08. The van der Waals surface area contributed by atoms with Gasteiger partial charge >= 0.3 is 11.9 Å². The molecule has 136 valence electrons. The molecule has 0 bridgehead atoms. The maximum Gasteiger partial charge on any atom is 0.358 e. The minimum Gasteiger partial charge on any atom is -0.247 e. The molecule has 0 rings (SSSR count). The molecule has 0 fully saturated rings. The van der Waals surface area contributed by atoms with Crippen molar-refractivity contribution in [1.82, 2.24) is 0 Å². The summed E-state index contributed by atoms with van der Waals surface area (Å²) in [6.07, 6.45) is 12.7. The van der Waals surface area contributed by atoms with Gasteiger partial charge in [-0.3, -0.25) is 0 Å². The van der Waals surface area contributed by atoms with Crippen LogP contribution in [-0.2, 0) is 19.4 Å². The quantitative estimate of drug-likeness (QED) is 0.232. The largest absolute Gasteiger partial charge is 0.358 e. The summed E-state index contributed by atoms with van der Waals surface area (Å²) in [5.41, 5.74) is 0. The molecule has 0 aliphatic heterocycles. The second kappa shape index (κ2) is 15.8. The van der Waals surface area contributed by atoms with Gasteiger partial charge in [0.15, 0.2) is 0 Å². The van der Waals surface area contributed by atoms with Crippen LogP contribution in [0.2, 0.25) is 0 Å². The van der Waals surface area contributed by atoms with Crippen molar-refractivity contribution in [3.05, 3.63) is 0 Å². The first-order valence-electron chi connectivity index (χ1n) is 9.56. The van der Waals surface area contributed by atoms with E-state index >= 15 is 0 Å². The molecule has 23 heavy (non-hydrogen) atoms. The van der Waals surface area contributed by atoms with Crippen molar-refractivity contribution >= 4 is 11.9 Å². The average Bonchev–Trinajstić information content (AvgIpc) is 2.55. The molecule has 0 spiro atoms. The Hall–Kier alpha value is -1.06. The minimum absolute atomic E-state index is 0.144. The van der Waals surface area contributed by atoms with E-state index in [1.165, 1.54) is 25.7 Å². The van der Waals surface area contributed by atoms with Crippen LogP contribution >= 0.6 is 0 Å². The van der Waals surface area contributed by atoms with Gasteiger partial charge in [-0.25, -0.2) is 19.4 Å². The van der Waals surface area contributed by atoms with E-state index in [2.05, 4.69) is 25.7 Å². The van der Waals surface area contributed by atoms with Crippen LogP contribution < -0.4 is 0 Å². The van der Waals surface area contributed by atoms with Crippen LogP contribution in [0.4, 0.5) is 0 Å². The van der Waals surface area contributed by atoms with Crippen LogP contribution in [0.3, 0.4) is 0 Å². The van der Waals surface area contributed by atoms with Gasteiger partial charge in [-0.2, -0.15) is 0 Å². The van der Waals surface area contributed by atoms with Crippen molar-refractivity contribution < 1.29 is 19.4 Å². The van der Waals surface area contributed by atoms with Crippen molar-refractivity contribution in [2.24, 2.45) is 5.92 Å². The SMILES string of the molecule is CCCCCCCC(=O)OOC(=O)C(CCC)CCCCCC. The molecule has 0 aromatic carbocycles. The predicted molar refractivity (Wildman–Crippen MR) is 92.7 cm³/mol. The van der Waals surface area contributed by atoms with Gasteiger partial charge in [0.05, 0.1) is 12.3 Å². The Morgan fingerprint density at radius 3 is 1.91 bits per heavy atom. The summed E-state index contributed by atoms with van der Waals surface area (Å²) in [7, 11) is 0. The number of unbranched alkanes of at least 4 members (excludes halogenated alkanes) is 7. The van der Waals surface area contributed by atoms with E-state index in [9.17, 15) is 9.59 Å². The van der Waals surface area contributed by atoms with E-state index < -0.39 is 5.97 Å². The highest BCUT2D eigenvalue weighted by atomic mass is 17.2. The molecule has 4 nitrogen and oxygen atoms in total. The molecule has 0 aliphatic carbocycles. The topological polar surface area (TPSA) is 52.6 Å². The van der Waals surface area contributed by atoms with Gasteiger partial charge in [0.1, 0.15) is 0 Å². The Balaban J connectivity index is 3.89. The van der Waals surface area contributed by atoms with Crippen LogP contribution in [0, 0.1) is 5.92 Å². The lowest BCUT2D eigenvalue weighted by Crippen LogP contribution is -2.20. The van der Waals surface area contributed by atoms with Crippen LogP contribution in [0.25, 0.3) is 0 Å². The minimum atomic E-state index is -0.434. The predicted octanol–water partition coefficient (Wildman–Crippen LogP) is 5.74. The first-order valence-corrected chi connectivity index (χ1v) is 9.56. The fraction of sp³-hybridized carbons (Fsp3) is 0.895. The maximum atomic E-state index is 12.0. The van der Waals surface area contributed by atoms with E-state index in [1.807, 2.05) is 0 Å². The summed E-state index contributed by atoms with van der Waals surface area (Å²) in [6.45, 7) is 6.37. The third-order valence-electron chi connectivity index (χ3n) is 4.08. The van der Waals surface area contributed by atoms with Gasteiger partial charge in [0.2, 0.25) is 0 Å². The standard InChI is InChI=1S/C19H36O4/c1-4-7-9-11-13-16-18(20)22-23-19(21)17(14-6-3)15-12-10-8-5-2/h17H,4-16H2,1-3H3. The van der Waals surface area contributed by atoms with Gasteiger partial charge in [0, 0.05) is 0 Å². The summed E-state index contributed by atoms with van der Waals surface area (Å²) in [5.74, 6) is -0.965. The zero-order chi connectivity index (χ0) is 17.3. The molecule has 0 aliphatic rings. The zero-order valence-electron chi connectivity index (χ0n) is 15.4. The van der Waals surface area contributed by atoms with Gasteiger partial charge in [-0.05, 0) is 19.3 Å².